The van der Waals surface area contributed by atoms with Gasteiger partial charge in [0.2, 0.25) is 0 Å². The zero-order chi connectivity index (χ0) is 10.7. The molecular formula is C13H18FN. The first-order valence-electron chi connectivity index (χ1n) is 5.73. The predicted octanol–water partition coefficient (Wildman–Crippen LogP) is 3.10. The van der Waals surface area contributed by atoms with Crippen LogP contribution in [0.1, 0.15) is 31.7 Å². The quantitative estimate of drug-likeness (QED) is 0.803. The van der Waals surface area contributed by atoms with Crippen LogP contribution in [-0.2, 0) is 6.54 Å². The van der Waals surface area contributed by atoms with Gasteiger partial charge in [-0.3, -0.25) is 0 Å². The molecular weight excluding hydrogens is 189 g/mol. The summed E-state index contributed by atoms with van der Waals surface area (Å²) in [5.74, 6) is 0.618. The van der Waals surface area contributed by atoms with Crippen molar-refractivity contribution in [2.75, 3.05) is 0 Å². The molecule has 82 valence electrons. The summed E-state index contributed by atoms with van der Waals surface area (Å²) in [5, 5.41) is 3.51. The SMILES string of the molecule is CC1CCCC1NCc1cccc(F)c1. The summed E-state index contributed by atoms with van der Waals surface area (Å²) in [5.41, 5.74) is 1.04. The zero-order valence-corrected chi connectivity index (χ0v) is 9.17. The fraction of sp³-hybridized carbons (Fsp3) is 0.538. The van der Waals surface area contributed by atoms with Gasteiger partial charge < -0.3 is 5.32 Å². The van der Waals surface area contributed by atoms with Gasteiger partial charge in [0.05, 0.1) is 0 Å². The highest BCUT2D eigenvalue weighted by atomic mass is 19.1. The number of halogens is 1. The highest BCUT2D eigenvalue weighted by Gasteiger charge is 2.22. The van der Waals surface area contributed by atoms with Gasteiger partial charge >= 0.3 is 0 Å². The molecule has 1 saturated carbocycles. The maximum Gasteiger partial charge on any atom is 0.123 e. The van der Waals surface area contributed by atoms with Gasteiger partial charge in [-0.1, -0.05) is 25.5 Å². The van der Waals surface area contributed by atoms with Gasteiger partial charge in [-0.15, -0.1) is 0 Å². The van der Waals surface area contributed by atoms with Crippen LogP contribution >= 0.6 is 0 Å². The van der Waals surface area contributed by atoms with Crippen molar-refractivity contribution in [1.29, 1.82) is 0 Å². The summed E-state index contributed by atoms with van der Waals surface area (Å²) in [6.07, 6.45) is 3.90. The van der Waals surface area contributed by atoms with E-state index in [1.807, 2.05) is 6.07 Å². The van der Waals surface area contributed by atoms with E-state index in [4.69, 9.17) is 0 Å². The Morgan fingerprint density at radius 2 is 2.27 bits per heavy atom. The van der Waals surface area contributed by atoms with E-state index >= 15 is 0 Å². The zero-order valence-electron chi connectivity index (χ0n) is 9.17. The molecule has 1 fully saturated rings. The third kappa shape index (κ3) is 2.78. The third-order valence-corrected chi connectivity index (χ3v) is 3.32. The Kier molecular flexibility index (Phi) is 3.37. The summed E-state index contributed by atoms with van der Waals surface area (Å²) in [7, 11) is 0. The lowest BCUT2D eigenvalue weighted by atomic mass is 10.1. The molecule has 0 aliphatic heterocycles. The molecule has 2 rings (SSSR count). The lowest BCUT2D eigenvalue weighted by Crippen LogP contribution is -2.30. The average molecular weight is 207 g/mol. The van der Waals surface area contributed by atoms with Crippen LogP contribution < -0.4 is 5.32 Å². The predicted molar refractivity (Wildman–Crippen MR) is 60.0 cm³/mol. The molecule has 0 saturated heterocycles. The molecule has 0 spiro atoms. The van der Waals surface area contributed by atoms with E-state index in [1.165, 1.54) is 25.3 Å². The van der Waals surface area contributed by atoms with Crippen LogP contribution in [0.15, 0.2) is 24.3 Å². The van der Waals surface area contributed by atoms with Crippen LogP contribution in [0.25, 0.3) is 0 Å². The van der Waals surface area contributed by atoms with Crippen molar-refractivity contribution < 1.29 is 4.39 Å². The minimum Gasteiger partial charge on any atom is -0.310 e. The van der Waals surface area contributed by atoms with E-state index in [-0.39, 0.29) is 5.82 Å². The van der Waals surface area contributed by atoms with Crippen molar-refractivity contribution in [3.63, 3.8) is 0 Å². The van der Waals surface area contributed by atoms with Crippen molar-refractivity contribution in [3.05, 3.63) is 35.6 Å². The monoisotopic (exact) mass is 207 g/mol. The molecule has 0 amide bonds. The van der Waals surface area contributed by atoms with Crippen LogP contribution in [0.3, 0.4) is 0 Å². The lowest BCUT2D eigenvalue weighted by Gasteiger charge is -2.17. The first kappa shape index (κ1) is 10.6. The first-order valence-corrected chi connectivity index (χ1v) is 5.73. The molecule has 1 nitrogen and oxygen atoms in total. The molecule has 0 heterocycles. The molecule has 1 aromatic rings. The molecule has 2 atom stereocenters. The van der Waals surface area contributed by atoms with Crippen LogP contribution in [0, 0.1) is 11.7 Å². The largest absolute Gasteiger partial charge is 0.310 e. The second-order valence-electron chi connectivity index (χ2n) is 4.53. The highest BCUT2D eigenvalue weighted by molar-refractivity contribution is 5.16. The maximum atomic E-state index is 12.9. The van der Waals surface area contributed by atoms with Crippen LogP contribution in [-0.4, -0.2) is 6.04 Å². The van der Waals surface area contributed by atoms with Gasteiger partial charge in [-0.05, 0) is 36.5 Å². The summed E-state index contributed by atoms with van der Waals surface area (Å²) in [6, 6.07) is 7.45. The number of rotatable bonds is 3. The lowest BCUT2D eigenvalue weighted by molar-refractivity contribution is 0.425. The number of hydrogen-bond donors (Lipinski definition) is 1. The van der Waals surface area contributed by atoms with E-state index in [9.17, 15) is 4.39 Å². The van der Waals surface area contributed by atoms with Gasteiger partial charge in [-0.25, -0.2) is 4.39 Å². The Balaban J connectivity index is 1.87. The summed E-state index contributed by atoms with van der Waals surface area (Å²) in [4.78, 5) is 0. The van der Waals surface area contributed by atoms with Crippen molar-refractivity contribution in [2.45, 2.75) is 38.8 Å². The van der Waals surface area contributed by atoms with Crippen molar-refractivity contribution in [1.82, 2.24) is 5.32 Å². The molecule has 0 bridgehead atoms. The molecule has 1 aliphatic carbocycles. The molecule has 1 N–H and O–H groups in total. The van der Waals surface area contributed by atoms with E-state index < -0.39 is 0 Å². The minimum absolute atomic E-state index is 0.145. The van der Waals surface area contributed by atoms with Crippen LogP contribution in [0.2, 0.25) is 0 Å². The standard InChI is InChI=1S/C13H18FN/c1-10-4-2-7-13(10)15-9-11-5-3-6-12(14)8-11/h3,5-6,8,10,13,15H,2,4,7,9H2,1H3. The van der Waals surface area contributed by atoms with Gasteiger partial charge in [0.1, 0.15) is 5.82 Å². The Morgan fingerprint density at radius 3 is 2.93 bits per heavy atom. The first-order chi connectivity index (χ1) is 7.25. The summed E-state index contributed by atoms with van der Waals surface area (Å²) in [6.45, 7) is 3.07. The molecule has 15 heavy (non-hydrogen) atoms. The van der Waals surface area contributed by atoms with Gasteiger partial charge in [0, 0.05) is 12.6 Å². The van der Waals surface area contributed by atoms with Crippen molar-refractivity contribution in [3.8, 4) is 0 Å². The minimum atomic E-state index is -0.145. The van der Waals surface area contributed by atoms with E-state index in [0.29, 0.717) is 6.04 Å². The van der Waals surface area contributed by atoms with Gasteiger partial charge in [-0.2, -0.15) is 0 Å². The van der Waals surface area contributed by atoms with E-state index in [0.717, 1.165) is 18.0 Å². The molecule has 1 aliphatic rings. The second kappa shape index (κ2) is 4.75. The summed E-state index contributed by atoms with van der Waals surface area (Å²) >= 11 is 0. The Bertz CT molecular complexity index is 324. The summed E-state index contributed by atoms with van der Waals surface area (Å²) < 4.78 is 12.9. The van der Waals surface area contributed by atoms with Crippen LogP contribution in [0.5, 0.6) is 0 Å². The fourth-order valence-electron chi connectivity index (χ4n) is 2.34. The smallest absolute Gasteiger partial charge is 0.123 e. The van der Waals surface area contributed by atoms with Crippen LogP contribution in [0.4, 0.5) is 4.39 Å². The molecule has 1 aromatic carbocycles. The normalized spacial score (nSPS) is 25.7. The van der Waals surface area contributed by atoms with Crippen molar-refractivity contribution >= 4 is 0 Å². The Morgan fingerprint density at radius 1 is 1.40 bits per heavy atom. The number of benzene rings is 1. The fourth-order valence-corrected chi connectivity index (χ4v) is 2.34. The topological polar surface area (TPSA) is 12.0 Å². The number of hydrogen-bond acceptors (Lipinski definition) is 1. The molecule has 2 unspecified atom stereocenters. The van der Waals surface area contributed by atoms with Gasteiger partial charge in [0.25, 0.3) is 0 Å². The van der Waals surface area contributed by atoms with E-state index in [2.05, 4.69) is 12.2 Å². The molecule has 2 heteroatoms. The van der Waals surface area contributed by atoms with Crippen molar-refractivity contribution in [2.24, 2.45) is 5.92 Å². The third-order valence-electron chi connectivity index (χ3n) is 3.32. The number of nitrogens with one attached hydrogen (secondary N) is 1. The molecule has 0 aromatic heterocycles. The molecule has 0 radical (unpaired) electrons. The second-order valence-corrected chi connectivity index (χ2v) is 4.53. The average Bonchev–Trinajstić information content (AvgIpc) is 2.61. The highest BCUT2D eigenvalue weighted by Crippen LogP contribution is 2.24. The Hall–Kier alpha value is -0.890. The Labute approximate surface area is 90.7 Å². The van der Waals surface area contributed by atoms with E-state index in [1.54, 1.807) is 12.1 Å². The van der Waals surface area contributed by atoms with Gasteiger partial charge in [0.15, 0.2) is 0 Å². The maximum absolute atomic E-state index is 12.9.